The third-order valence-electron chi connectivity index (χ3n) is 2.40. The van der Waals surface area contributed by atoms with Crippen LogP contribution in [0.1, 0.15) is 26.7 Å². The van der Waals surface area contributed by atoms with Crippen molar-refractivity contribution in [3.8, 4) is 0 Å². The van der Waals surface area contributed by atoms with Crippen LogP contribution in [-0.2, 0) is 0 Å². The van der Waals surface area contributed by atoms with E-state index in [4.69, 9.17) is 5.11 Å². The lowest BCUT2D eigenvalue weighted by Crippen LogP contribution is -2.11. The van der Waals surface area contributed by atoms with E-state index in [2.05, 4.69) is 17.4 Å². The normalized spacial score (nSPS) is 16.4. The van der Waals surface area contributed by atoms with Gasteiger partial charge in [-0.2, -0.15) is 0 Å². The van der Waals surface area contributed by atoms with E-state index in [1.54, 1.807) is 11.8 Å². The Hall–Kier alpha value is -1.03. The smallest absolute Gasteiger partial charge is 0.283 e. The maximum Gasteiger partial charge on any atom is 0.283 e. The molecular weight excluding hydrogens is 175 g/mol. The number of aliphatic hydroxyl groups is 1. The Morgan fingerprint density at radius 3 is 3.00 bits per heavy atom. The molecule has 1 aliphatic carbocycles. The summed E-state index contributed by atoms with van der Waals surface area (Å²) in [6.45, 7) is 4.11. The second-order valence-electron chi connectivity index (χ2n) is 3.35. The van der Waals surface area contributed by atoms with Crippen molar-refractivity contribution in [2.45, 2.75) is 26.7 Å². The van der Waals surface area contributed by atoms with Crippen LogP contribution in [0.3, 0.4) is 0 Å². The van der Waals surface area contributed by atoms with Crippen LogP contribution in [-0.4, -0.2) is 25.3 Å². The molecule has 76 valence electrons. The van der Waals surface area contributed by atoms with Gasteiger partial charge in [-0.25, -0.2) is 5.10 Å². The zero-order valence-corrected chi connectivity index (χ0v) is 8.88. The van der Waals surface area contributed by atoms with Gasteiger partial charge in [0.2, 0.25) is 0 Å². The number of allylic oxidation sites excluding steroid dienone is 3. The number of hydrogen-bond donors (Lipinski definition) is 2. The average molecular weight is 192 g/mol. The molecule has 0 bridgehead atoms. The van der Waals surface area contributed by atoms with E-state index in [1.807, 2.05) is 13.0 Å². The summed E-state index contributed by atoms with van der Waals surface area (Å²) in [4.78, 5) is 0. The highest BCUT2D eigenvalue weighted by Crippen LogP contribution is 2.31. The molecule has 0 radical (unpaired) electrons. The highest BCUT2D eigenvalue weighted by molar-refractivity contribution is 6.44. The molecule has 0 saturated heterocycles. The van der Waals surface area contributed by atoms with Crippen LogP contribution < -0.4 is 5.34 Å². The number of hydrazone groups is 1. The third kappa shape index (κ3) is 3.38. The number of hydrogen-bond acceptors (Lipinski definition) is 3. The summed E-state index contributed by atoms with van der Waals surface area (Å²) in [7, 11) is 0.849. The molecule has 0 aromatic rings. The fraction of sp³-hybridized carbons (Fsp3) is 0.500. The molecule has 14 heavy (non-hydrogen) atoms. The van der Waals surface area contributed by atoms with Gasteiger partial charge in [0.15, 0.2) is 0 Å². The summed E-state index contributed by atoms with van der Waals surface area (Å²) in [6.07, 6.45) is 5.85. The fourth-order valence-electron chi connectivity index (χ4n) is 1.25. The summed E-state index contributed by atoms with van der Waals surface area (Å²) in [5, 5.41) is 15.8. The second-order valence-corrected chi connectivity index (χ2v) is 3.35. The van der Waals surface area contributed by atoms with Gasteiger partial charge in [0.05, 0.1) is 12.8 Å². The van der Waals surface area contributed by atoms with Gasteiger partial charge >= 0.3 is 0 Å². The van der Waals surface area contributed by atoms with Gasteiger partial charge < -0.3 is 10.4 Å². The SMILES string of the molecule is C/C=C(\C=N/NBC1=C(CC)C1)CO. The summed E-state index contributed by atoms with van der Waals surface area (Å²) in [5.74, 6) is 0. The van der Waals surface area contributed by atoms with Gasteiger partial charge in [0, 0.05) is 0 Å². The summed E-state index contributed by atoms with van der Waals surface area (Å²) >= 11 is 0. The number of nitrogens with one attached hydrogen (secondary N) is 1. The molecule has 0 atom stereocenters. The highest BCUT2D eigenvalue weighted by atomic mass is 16.3. The fourth-order valence-corrected chi connectivity index (χ4v) is 1.25. The zero-order valence-electron chi connectivity index (χ0n) is 8.88. The van der Waals surface area contributed by atoms with Crippen molar-refractivity contribution in [3.05, 3.63) is 22.7 Å². The lowest BCUT2D eigenvalue weighted by Gasteiger charge is -1.94. The van der Waals surface area contributed by atoms with Gasteiger partial charge in [0.25, 0.3) is 7.41 Å². The molecule has 0 spiro atoms. The van der Waals surface area contributed by atoms with E-state index in [9.17, 15) is 0 Å². The van der Waals surface area contributed by atoms with Gasteiger partial charge in [-0.05, 0) is 25.3 Å². The van der Waals surface area contributed by atoms with Gasteiger partial charge in [-0.1, -0.05) is 24.0 Å². The van der Waals surface area contributed by atoms with Crippen LogP contribution in [0.5, 0.6) is 0 Å². The molecule has 2 N–H and O–H groups in total. The maximum atomic E-state index is 8.83. The van der Waals surface area contributed by atoms with Crippen LogP contribution in [0.2, 0.25) is 0 Å². The highest BCUT2D eigenvalue weighted by Gasteiger charge is 2.18. The van der Waals surface area contributed by atoms with Crippen molar-refractivity contribution in [1.29, 1.82) is 0 Å². The largest absolute Gasteiger partial charge is 0.392 e. The first-order chi connectivity index (χ1) is 6.81. The molecule has 0 fully saturated rings. The van der Waals surface area contributed by atoms with Crippen molar-refractivity contribution in [3.63, 3.8) is 0 Å². The van der Waals surface area contributed by atoms with Crippen molar-refractivity contribution in [2.24, 2.45) is 5.10 Å². The lowest BCUT2D eigenvalue weighted by molar-refractivity contribution is 0.337. The van der Waals surface area contributed by atoms with Gasteiger partial charge in [-0.15, -0.1) is 0 Å². The zero-order chi connectivity index (χ0) is 10.4. The Balaban J connectivity index is 2.18. The molecule has 0 aliphatic heterocycles. The van der Waals surface area contributed by atoms with Crippen LogP contribution >= 0.6 is 0 Å². The van der Waals surface area contributed by atoms with Crippen molar-refractivity contribution >= 4 is 13.6 Å². The molecular formula is C10H17BN2O. The molecule has 0 unspecified atom stereocenters. The van der Waals surface area contributed by atoms with Crippen LogP contribution in [0.15, 0.2) is 27.8 Å². The summed E-state index contributed by atoms with van der Waals surface area (Å²) in [6, 6.07) is 0. The first-order valence-corrected chi connectivity index (χ1v) is 5.03. The molecule has 0 heterocycles. The third-order valence-corrected chi connectivity index (χ3v) is 2.40. The molecule has 1 aliphatic rings. The van der Waals surface area contributed by atoms with Gasteiger partial charge in [0.1, 0.15) is 0 Å². The van der Waals surface area contributed by atoms with E-state index in [0.29, 0.717) is 0 Å². The van der Waals surface area contributed by atoms with E-state index in [0.717, 1.165) is 19.4 Å². The number of rotatable bonds is 6. The molecule has 0 aromatic heterocycles. The Morgan fingerprint density at radius 2 is 2.50 bits per heavy atom. The number of aliphatic hydroxyl groups excluding tert-OH is 1. The lowest BCUT2D eigenvalue weighted by atomic mass is 9.91. The number of nitrogens with zero attached hydrogens (tertiary/aromatic N) is 1. The first kappa shape index (κ1) is 11.1. The average Bonchev–Trinajstić information content (AvgIpc) is 2.97. The summed E-state index contributed by atoms with van der Waals surface area (Å²) < 4.78 is 0. The van der Waals surface area contributed by atoms with Gasteiger partial charge in [-0.3, -0.25) is 0 Å². The van der Waals surface area contributed by atoms with E-state index in [1.165, 1.54) is 11.9 Å². The Bertz CT molecular complexity index is 282. The van der Waals surface area contributed by atoms with E-state index in [-0.39, 0.29) is 6.61 Å². The standard InChI is InChI=1S/C10H17BN2O/c1-3-8(7-14)6-12-13-11-10-5-9(10)4-2/h3,6,11,13-14H,4-5,7H2,1-2H3/b8-3+,12-6-. The molecule has 0 aromatic carbocycles. The van der Waals surface area contributed by atoms with Crippen LogP contribution in [0, 0.1) is 0 Å². The van der Waals surface area contributed by atoms with Crippen molar-refractivity contribution in [1.82, 2.24) is 5.34 Å². The maximum absolute atomic E-state index is 8.83. The predicted molar refractivity (Wildman–Crippen MR) is 61.6 cm³/mol. The first-order valence-electron chi connectivity index (χ1n) is 5.03. The van der Waals surface area contributed by atoms with Crippen LogP contribution in [0.4, 0.5) is 0 Å². The quantitative estimate of drug-likeness (QED) is 0.373. The van der Waals surface area contributed by atoms with Crippen molar-refractivity contribution < 1.29 is 5.11 Å². The Morgan fingerprint density at radius 1 is 1.71 bits per heavy atom. The van der Waals surface area contributed by atoms with E-state index >= 15 is 0 Å². The molecule has 0 amide bonds. The van der Waals surface area contributed by atoms with E-state index < -0.39 is 0 Å². The second kappa shape index (κ2) is 5.65. The molecule has 0 saturated carbocycles. The molecule has 4 heteroatoms. The Kier molecular flexibility index (Phi) is 4.46. The minimum absolute atomic E-state index is 0.0462. The predicted octanol–water partition coefficient (Wildman–Crippen LogP) is 0.920. The molecule has 3 nitrogen and oxygen atoms in total. The van der Waals surface area contributed by atoms with Crippen molar-refractivity contribution in [2.75, 3.05) is 6.61 Å². The molecule has 1 rings (SSSR count). The Labute approximate surface area is 85.9 Å². The summed E-state index contributed by atoms with van der Waals surface area (Å²) in [5.41, 5.74) is 3.87. The monoisotopic (exact) mass is 192 g/mol. The topological polar surface area (TPSA) is 44.6 Å². The minimum atomic E-state index is 0.0462. The van der Waals surface area contributed by atoms with Crippen LogP contribution in [0.25, 0.3) is 0 Å². The minimum Gasteiger partial charge on any atom is -0.392 e.